The molecule has 210 valence electrons. The van der Waals surface area contributed by atoms with Crippen molar-refractivity contribution >= 4 is 28.4 Å². The van der Waals surface area contributed by atoms with Gasteiger partial charge in [0.15, 0.2) is 11.5 Å². The number of carbonyl (C=O) groups is 1. The van der Waals surface area contributed by atoms with Gasteiger partial charge < -0.3 is 24.4 Å². The van der Waals surface area contributed by atoms with Crippen LogP contribution in [0.4, 0.5) is 24.7 Å². The molecule has 0 atom stereocenters. The van der Waals surface area contributed by atoms with Crippen molar-refractivity contribution in [3.8, 4) is 11.5 Å². The van der Waals surface area contributed by atoms with Gasteiger partial charge in [-0.05, 0) is 80.9 Å². The number of aryl methyl sites for hydroxylation is 1. The first kappa shape index (κ1) is 28.5. The summed E-state index contributed by atoms with van der Waals surface area (Å²) in [6.45, 7) is 4.26. The number of para-hydroxylation sites is 1. The monoisotopic (exact) mass is 545 g/mol. The Hall–Kier alpha value is -3.53. The molecular weight excluding hydrogens is 511 g/mol. The molecule has 1 aliphatic carbocycles. The third kappa shape index (κ3) is 6.92. The number of carboxylic acid groups (broad SMARTS) is 1. The molecule has 5 rings (SSSR count). The summed E-state index contributed by atoms with van der Waals surface area (Å²) >= 11 is 0. The van der Waals surface area contributed by atoms with E-state index in [2.05, 4.69) is 59.3 Å². The fourth-order valence-corrected chi connectivity index (χ4v) is 5.15. The normalized spacial score (nSPS) is 15.0. The van der Waals surface area contributed by atoms with Gasteiger partial charge in [-0.2, -0.15) is 13.2 Å². The molecule has 10 heteroatoms. The predicted octanol–water partition coefficient (Wildman–Crippen LogP) is 6.00. The average molecular weight is 546 g/mol. The second-order valence-electron chi connectivity index (χ2n) is 9.71. The molecule has 0 radical (unpaired) electrons. The Balaban J connectivity index is 0.000000448. The lowest BCUT2D eigenvalue weighted by molar-refractivity contribution is -0.192. The minimum Gasteiger partial charge on any atom is -0.493 e. The highest BCUT2D eigenvalue weighted by molar-refractivity contribution is 5.90. The number of nitrogens with zero attached hydrogens (tertiary/aromatic N) is 3. The van der Waals surface area contributed by atoms with Crippen LogP contribution in [0.1, 0.15) is 36.8 Å². The van der Waals surface area contributed by atoms with Gasteiger partial charge in [0.1, 0.15) is 5.82 Å². The van der Waals surface area contributed by atoms with Gasteiger partial charge in [0.25, 0.3) is 0 Å². The maximum Gasteiger partial charge on any atom is 0.490 e. The van der Waals surface area contributed by atoms with Gasteiger partial charge >= 0.3 is 12.1 Å². The number of hydrogen-bond acceptors (Lipinski definition) is 6. The maximum absolute atomic E-state index is 10.6. The number of benzene rings is 2. The number of pyridine rings is 1. The number of anilines is 2. The number of methoxy groups -OCH3 is 1. The Labute approximate surface area is 226 Å². The van der Waals surface area contributed by atoms with Crippen LogP contribution < -0.4 is 14.4 Å². The van der Waals surface area contributed by atoms with E-state index < -0.39 is 12.1 Å². The van der Waals surface area contributed by atoms with Gasteiger partial charge in [-0.15, -0.1) is 0 Å². The molecule has 2 heterocycles. The van der Waals surface area contributed by atoms with E-state index >= 15 is 0 Å². The third-order valence-electron chi connectivity index (χ3n) is 7.10. The second kappa shape index (κ2) is 12.5. The van der Waals surface area contributed by atoms with Crippen LogP contribution in [0.25, 0.3) is 10.9 Å². The highest BCUT2D eigenvalue weighted by atomic mass is 19.4. The summed E-state index contributed by atoms with van der Waals surface area (Å²) in [6.07, 6.45) is 1.93. The average Bonchev–Trinajstić information content (AvgIpc) is 3.63. The minimum atomic E-state index is -5.08. The number of carboxylic acids is 1. The molecule has 1 fully saturated rings. The summed E-state index contributed by atoms with van der Waals surface area (Å²) < 4.78 is 43.6. The van der Waals surface area contributed by atoms with E-state index in [4.69, 9.17) is 24.4 Å². The highest BCUT2D eigenvalue weighted by Gasteiger charge is 2.38. The Morgan fingerprint density at radius 3 is 2.36 bits per heavy atom. The number of rotatable bonds is 8. The van der Waals surface area contributed by atoms with Gasteiger partial charge in [0, 0.05) is 30.7 Å². The van der Waals surface area contributed by atoms with Crippen molar-refractivity contribution in [3.63, 3.8) is 0 Å². The van der Waals surface area contributed by atoms with Crippen LogP contribution in [0.2, 0.25) is 0 Å². The van der Waals surface area contributed by atoms with E-state index in [0.717, 1.165) is 54.3 Å². The molecular formula is C29H34F3N3O4. The highest BCUT2D eigenvalue weighted by Crippen LogP contribution is 2.41. The number of aliphatic carboxylic acids is 1. The molecule has 0 bridgehead atoms. The van der Waals surface area contributed by atoms with Gasteiger partial charge in [0.2, 0.25) is 0 Å². The molecule has 2 aromatic carbocycles. The van der Waals surface area contributed by atoms with Crippen molar-refractivity contribution in [2.24, 2.45) is 0 Å². The van der Waals surface area contributed by atoms with E-state index in [1.807, 2.05) is 0 Å². The number of aromatic nitrogens is 1. The molecule has 0 amide bonds. The van der Waals surface area contributed by atoms with E-state index in [0.29, 0.717) is 6.61 Å². The van der Waals surface area contributed by atoms with E-state index in [1.54, 1.807) is 7.11 Å². The maximum atomic E-state index is 10.6. The van der Waals surface area contributed by atoms with Gasteiger partial charge in [-0.3, -0.25) is 0 Å². The number of ether oxygens (including phenoxy) is 2. The zero-order valence-corrected chi connectivity index (χ0v) is 22.3. The van der Waals surface area contributed by atoms with Gasteiger partial charge in [-0.1, -0.05) is 18.2 Å². The first-order valence-electron chi connectivity index (χ1n) is 13.2. The fraction of sp³-hybridized carbons (Fsp3) is 0.448. The Morgan fingerprint density at radius 2 is 1.72 bits per heavy atom. The lowest BCUT2D eigenvalue weighted by Crippen LogP contribution is -2.21. The van der Waals surface area contributed by atoms with E-state index in [-0.39, 0.29) is 0 Å². The van der Waals surface area contributed by atoms with Crippen LogP contribution in [0, 0.1) is 0 Å². The topological polar surface area (TPSA) is 75.1 Å². The molecule has 3 aromatic rings. The quantitative estimate of drug-likeness (QED) is 0.348. The Morgan fingerprint density at radius 1 is 1.05 bits per heavy atom. The number of hydrogen-bond donors (Lipinski definition) is 1. The molecule has 7 nitrogen and oxygen atoms in total. The first-order chi connectivity index (χ1) is 18.7. The Bertz CT molecular complexity index is 1280. The van der Waals surface area contributed by atoms with Crippen LogP contribution in [0.3, 0.4) is 0 Å². The first-order valence-corrected chi connectivity index (χ1v) is 13.2. The van der Waals surface area contributed by atoms with Crippen molar-refractivity contribution in [2.45, 2.75) is 44.7 Å². The van der Waals surface area contributed by atoms with Crippen LogP contribution in [0.15, 0.2) is 42.5 Å². The SMILES string of the molecule is COc1cc2c3c(c(N(C)c4ccccc4)nc2cc1OCCCN1CCCC1)CCC3.O=C(O)C(F)(F)F. The molecule has 0 spiro atoms. The summed E-state index contributed by atoms with van der Waals surface area (Å²) in [5, 5.41) is 8.32. The molecule has 2 aliphatic rings. The minimum absolute atomic E-state index is 0.695. The largest absolute Gasteiger partial charge is 0.493 e. The number of halogens is 3. The van der Waals surface area contributed by atoms with Crippen LogP contribution in [-0.4, -0.2) is 67.5 Å². The van der Waals surface area contributed by atoms with E-state index in [9.17, 15) is 13.2 Å². The predicted molar refractivity (Wildman–Crippen MR) is 144 cm³/mol. The van der Waals surface area contributed by atoms with Gasteiger partial charge in [0.05, 0.1) is 19.2 Å². The van der Waals surface area contributed by atoms with Crippen molar-refractivity contribution in [3.05, 3.63) is 53.6 Å². The lowest BCUT2D eigenvalue weighted by atomic mass is 10.0. The standard InChI is InChI=1S/C27H33N3O2.C2HF3O2/c1-29(20-10-4-3-5-11-20)27-22-13-8-12-21(22)23-18-25(31-2)26(19-24(23)28-27)32-17-9-16-30-14-6-7-15-30;3-2(4,5)1(6)7/h3-5,10-11,18-19H,6-9,12-17H2,1-2H3;(H,6,7). The van der Waals surface area contributed by atoms with Crippen molar-refractivity contribution in [1.29, 1.82) is 0 Å². The Kier molecular flexibility index (Phi) is 9.16. The molecule has 1 N–H and O–H groups in total. The summed E-state index contributed by atoms with van der Waals surface area (Å²) in [6, 6.07) is 14.7. The van der Waals surface area contributed by atoms with Crippen LogP contribution in [-0.2, 0) is 17.6 Å². The molecule has 1 saturated heterocycles. The van der Waals surface area contributed by atoms with Crippen LogP contribution >= 0.6 is 0 Å². The summed E-state index contributed by atoms with van der Waals surface area (Å²) in [7, 11) is 3.84. The summed E-state index contributed by atoms with van der Waals surface area (Å²) in [5.41, 5.74) is 4.91. The number of likely N-dealkylation sites (tertiary alicyclic amines) is 1. The van der Waals surface area contributed by atoms with Crippen molar-refractivity contribution in [2.75, 3.05) is 45.3 Å². The molecule has 0 saturated carbocycles. The molecule has 1 aliphatic heterocycles. The zero-order valence-electron chi connectivity index (χ0n) is 22.3. The van der Waals surface area contributed by atoms with Crippen LogP contribution in [0.5, 0.6) is 11.5 Å². The molecule has 1 aromatic heterocycles. The number of alkyl halides is 3. The molecule has 39 heavy (non-hydrogen) atoms. The fourth-order valence-electron chi connectivity index (χ4n) is 5.15. The zero-order chi connectivity index (χ0) is 28.0. The molecule has 0 unspecified atom stereocenters. The van der Waals surface area contributed by atoms with Gasteiger partial charge in [-0.25, -0.2) is 9.78 Å². The van der Waals surface area contributed by atoms with E-state index in [1.165, 1.54) is 48.9 Å². The summed E-state index contributed by atoms with van der Waals surface area (Å²) in [5.74, 6) is -0.104. The second-order valence-corrected chi connectivity index (χ2v) is 9.71. The smallest absolute Gasteiger partial charge is 0.490 e. The third-order valence-corrected chi connectivity index (χ3v) is 7.10. The number of fused-ring (bicyclic) bond motifs is 3. The van der Waals surface area contributed by atoms with Crippen molar-refractivity contribution < 1.29 is 32.5 Å². The summed E-state index contributed by atoms with van der Waals surface area (Å²) in [4.78, 5) is 18.8. The van der Waals surface area contributed by atoms with Crippen molar-refractivity contribution in [1.82, 2.24) is 9.88 Å². The lowest BCUT2D eigenvalue weighted by Gasteiger charge is -2.23.